The Morgan fingerprint density at radius 2 is 2.00 bits per heavy atom. The van der Waals surface area contributed by atoms with E-state index in [0.717, 1.165) is 0 Å². The predicted octanol–water partition coefficient (Wildman–Crippen LogP) is 1.56. The Morgan fingerprint density at radius 3 is 2.43 bits per heavy atom. The largest absolute Gasteiger partial charge is 0.465 e. The number of nitrogens with one attached hydrogen (secondary N) is 1. The van der Waals surface area contributed by atoms with Crippen LogP contribution in [-0.4, -0.2) is 33.6 Å². The minimum Gasteiger partial charge on any atom is -0.465 e. The van der Waals surface area contributed by atoms with Gasteiger partial charge in [0.15, 0.2) is 0 Å². The maximum atomic E-state index is 12.2. The minimum atomic E-state index is -3.77. The van der Waals surface area contributed by atoms with Crippen molar-refractivity contribution in [2.45, 2.75) is 24.3 Å². The van der Waals surface area contributed by atoms with Crippen molar-refractivity contribution in [3.8, 4) is 0 Å². The van der Waals surface area contributed by atoms with Crippen LogP contribution in [0.5, 0.6) is 0 Å². The van der Waals surface area contributed by atoms with Gasteiger partial charge in [0, 0.05) is 12.1 Å². The molecule has 0 radical (unpaired) electrons. The molecule has 6 nitrogen and oxygen atoms in total. The van der Waals surface area contributed by atoms with E-state index in [1.807, 2.05) is 0 Å². The van der Waals surface area contributed by atoms with Crippen molar-refractivity contribution in [2.75, 3.05) is 13.7 Å². The zero-order valence-electron chi connectivity index (χ0n) is 11.8. The second kappa shape index (κ2) is 7.42. The summed E-state index contributed by atoms with van der Waals surface area (Å²) >= 11 is 5.90. The summed E-state index contributed by atoms with van der Waals surface area (Å²) in [6.45, 7) is 3.46. The molecular weight excluding hydrogens is 339 g/mol. The van der Waals surface area contributed by atoms with E-state index in [-0.39, 0.29) is 34.4 Å². The highest BCUT2D eigenvalue weighted by Crippen LogP contribution is 2.22. The van der Waals surface area contributed by atoms with E-state index in [0.29, 0.717) is 0 Å². The van der Waals surface area contributed by atoms with E-state index in [4.69, 9.17) is 17.3 Å². The number of esters is 1. The summed E-state index contributed by atoms with van der Waals surface area (Å²) in [5.41, 5.74) is 4.81. The molecule has 0 atom stereocenters. The molecule has 21 heavy (non-hydrogen) atoms. The highest BCUT2D eigenvalue weighted by Gasteiger charge is 2.25. The quantitative estimate of drug-likeness (QED) is 0.780. The Morgan fingerprint density at radius 1 is 1.43 bits per heavy atom. The Labute approximate surface area is 135 Å². The Balaban J connectivity index is 0.00000400. The molecule has 0 fully saturated rings. The number of methoxy groups -OCH3 is 1. The van der Waals surface area contributed by atoms with Crippen molar-refractivity contribution < 1.29 is 17.9 Å². The van der Waals surface area contributed by atoms with E-state index >= 15 is 0 Å². The van der Waals surface area contributed by atoms with Crippen molar-refractivity contribution in [1.82, 2.24) is 4.72 Å². The molecule has 0 unspecified atom stereocenters. The monoisotopic (exact) mass is 356 g/mol. The maximum Gasteiger partial charge on any atom is 0.339 e. The van der Waals surface area contributed by atoms with Gasteiger partial charge in [-0.2, -0.15) is 0 Å². The van der Waals surface area contributed by atoms with Crippen molar-refractivity contribution in [3.05, 3.63) is 28.8 Å². The normalized spacial score (nSPS) is 11.7. The number of carbonyl (C=O) groups is 1. The van der Waals surface area contributed by atoms with Gasteiger partial charge in [0.05, 0.1) is 22.6 Å². The highest BCUT2D eigenvalue weighted by molar-refractivity contribution is 7.89. The number of rotatable bonds is 5. The summed E-state index contributed by atoms with van der Waals surface area (Å²) in [5.74, 6) is -0.630. The Kier molecular flexibility index (Phi) is 7.11. The van der Waals surface area contributed by atoms with Gasteiger partial charge < -0.3 is 10.5 Å². The first-order valence-electron chi connectivity index (χ1n) is 5.75. The first-order chi connectivity index (χ1) is 9.13. The average Bonchev–Trinajstić information content (AvgIpc) is 2.36. The molecule has 0 aliphatic carbocycles. The number of carbonyl (C=O) groups excluding carboxylic acids is 1. The van der Waals surface area contributed by atoms with Crippen LogP contribution < -0.4 is 10.5 Å². The van der Waals surface area contributed by atoms with Crippen molar-refractivity contribution in [2.24, 2.45) is 5.73 Å². The topological polar surface area (TPSA) is 98.5 Å². The van der Waals surface area contributed by atoms with Gasteiger partial charge in [-0.1, -0.05) is 11.6 Å². The first-order valence-corrected chi connectivity index (χ1v) is 7.61. The van der Waals surface area contributed by atoms with Gasteiger partial charge >= 0.3 is 5.97 Å². The molecule has 3 N–H and O–H groups in total. The number of halogens is 2. The van der Waals surface area contributed by atoms with E-state index in [1.165, 1.54) is 25.3 Å². The highest BCUT2D eigenvalue weighted by atomic mass is 35.5. The third-order valence-electron chi connectivity index (χ3n) is 2.58. The van der Waals surface area contributed by atoms with Crippen molar-refractivity contribution in [1.29, 1.82) is 0 Å². The zero-order valence-corrected chi connectivity index (χ0v) is 14.2. The molecule has 0 amide bonds. The van der Waals surface area contributed by atoms with Gasteiger partial charge in [0.1, 0.15) is 0 Å². The molecule has 0 aromatic heterocycles. The third kappa shape index (κ3) is 5.12. The minimum absolute atomic E-state index is 0. The van der Waals surface area contributed by atoms with Gasteiger partial charge in [-0.25, -0.2) is 17.9 Å². The maximum absolute atomic E-state index is 12.2. The van der Waals surface area contributed by atoms with Crippen LogP contribution in [0.25, 0.3) is 0 Å². The van der Waals surface area contributed by atoms with Crippen LogP contribution in [0.1, 0.15) is 24.2 Å². The number of sulfonamides is 1. The second-order valence-electron chi connectivity index (χ2n) is 4.83. The number of ether oxygens (including phenoxy) is 1. The first kappa shape index (κ1) is 20.1. The molecule has 1 aromatic carbocycles. The smallest absolute Gasteiger partial charge is 0.339 e. The molecule has 120 valence electrons. The lowest BCUT2D eigenvalue weighted by atomic mass is 10.1. The Bertz CT molecular complexity index is 618. The lowest BCUT2D eigenvalue weighted by Crippen LogP contribution is -2.48. The van der Waals surface area contributed by atoms with Crippen LogP contribution in [0.15, 0.2) is 23.1 Å². The van der Waals surface area contributed by atoms with Crippen LogP contribution >= 0.6 is 24.0 Å². The van der Waals surface area contributed by atoms with E-state index < -0.39 is 21.5 Å². The van der Waals surface area contributed by atoms with Crippen LogP contribution in [-0.2, 0) is 14.8 Å². The van der Waals surface area contributed by atoms with Gasteiger partial charge in [-0.3, -0.25) is 0 Å². The number of benzene rings is 1. The van der Waals surface area contributed by atoms with E-state index in [2.05, 4.69) is 9.46 Å². The fourth-order valence-electron chi connectivity index (χ4n) is 1.40. The summed E-state index contributed by atoms with van der Waals surface area (Å²) in [6.07, 6.45) is 0. The molecule has 0 heterocycles. The second-order valence-corrected chi connectivity index (χ2v) is 6.92. The lowest BCUT2D eigenvalue weighted by Gasteiger charge is -2.24. The molecule has 1 rings (SSSR count). The molecule has 1 aromatic rings. The molecular formula is C12H18Cl2N2O4S. The van der Waals surface area contributed by atoms with Crippen LogP contribution in [0.3, 0.4) is 0 Å². The summed E-state index contributed by atoms with van der Waals surface area (Å²) in [4.78, 5) is 11.3. The number of hydrogen-bond donors (Lipinski definition) is 2. The average molecular weight is 357 g/mol. The van der Waals surface area contributed by atoms with Crippen LogP contribution in [0, 0.1) is 0 Å². The van der Waals surface area contributed by atoms with Crippen molar-refractivity contribution in [3.63, 3.8) is 0 Å². The van der Waals surface area contributed by atoms with Gasteiger partial charge in [0.2, 0.25) is 10.0 Å². The summed E-state index contributed by atoms with van der Waals surface area (Å²) < 4.78 is 31.3. The number of hydrogen-bond acceptors (Lipinski definition) is 5. The molecule has 0 aliphatic heterocycles. The Hall–Kier alpha value is -0.860. The van der Waals surface area contributed by atoms with Gasteiger partial charge in [0.25, 0.3) is 0 Å². The SMILES string of the molecule is COC(=O)c1ccc(S(=O)(=O)NC(C)(C)CN)cc1Cl.Cl. The standard InChI is InChI=1S/C12H17ClN2O4S.ClH/c1-12(2,7-14)15-20(17,18)8-4-5-9(10(13)6-8)11(16)19-3;/h4-6,15H,7,14H2,1-3H3;1H. The third-order valence-corrected chi connectivity index (χ3v) is 4.59. The molecule has 0 saturated heterocycles. The molecule has 9 heteroatoms. The molecule has 0 saturated carbocycles. The fraction of sp³-hybridized carbons (Fsp3) is 0.417. The fourth-order valence-corrected chi connectivity index (χ4v) is 3.17. The zero-order chi connectivity index (χ0) is 15.6. The van der Waals surface area contributed by atoms with Crippen LogP contribution in [0.2, 0.25) is 5.02 Å². The summed E-state index contributed by atoms with van der Waals surface area (Å²) in [6, 6.07) is 3.79. The molecule has 0 aliphatic rings. The number of nitrogens with two attached hydrogens (primary N) is 1. The van der Waals surface area contributed by atoms with E-state index in [9.17, 15) is 13.2 Å². The summed E-state index contributed by atoms with van der Waals surface area (Å²) in [5, 5.41) is 0.00489. The predicted molar refractivity (Wildman–Crippen MR) is 83.5 cm³/mol. The van der Waals surface area contributed by atoms with Crippen molar-refractivity contribution >= 4 is 40.0 Å². The molecule has 0 spiro atoms. The van der Waals surface area contributed by atoms with Crippen LogP contribution in [0.4, 0.5) is 0 Å². The van der Waals surface area contributed by atoms with E-state index in [1.54, 1.807) is 13.8 Å². The molecule has 0 bridgehead atoms. The van der Waals surface area contributed by atoms with Gasteiger partial charge in [-0.15, -0.1) is 12.4 Å². The lowest BCUT2D eigenvalue weighted by molar-refractivity contribution is 0.0601. The summed E-state index contributed by atoms with van der Waals surface area (Å²) in [7, 11) is -2.55. The van der Waals surface area contributed by atoms with Gasteiger partial charge in [-0.05, 0) is 32.0 Å².